The standard InChI is InChI=1S/C18H28N2O/c1-2-12-20(15-9-7-14(19)8-10-15)17-11-13-21-18-6-4-3-5-16(17)18/h3-6,14-15,17H,2,7-13,19H2,1H3. The Hall–Kier alpha value is -1.06. The Labute approximate surface area is 128 Å². The van der Waals surface area contributed by atoms with Crippen molar-refractivity contribution in [1.29, 1.82) is 0 Å². The average molecular weight is 288 g/mol. The molecule has 0 spiro atoms. The van der Waals surface area contributed by atoms with Gasteiger partial charge in [0.25, 0.3) is 0 Å². The smallest absolute Gasteiger partial charge is 0.124 e. The Morgan fingerprint density at radius 3 is 2.67 bits per heavy atom. The lowest BCUT2D eigenvalue weighted by Gasteiger charge is -2.43. The number of nitrogens with two attached hydrogens (primary N) is 1. The van der Waals surface area contributed by atoms with Crippen molar-refractivity contribution in [2.75, 3.05) is 13.2 Å². The molecule has 1 aromatic carbocycles. The molecule has 116 valence electrons. The highest BCUT2D eigenvalue weighted by molar-refractivity contribution is 5.37. The summed E-state index contributed by atoms with van der Waals surface area (Å²) >= 11 is 0. The fourth-order valence-corrected chi connectivity index (χ4v) is 3.95. The molecule has 2 aliphatic rings. The summed E-state index contributed by atoms with van der Waals surface area (Å²) < 4.78 is 5.84. The molecule has 0 aromatic heterocycles. The van der Waals surface area contributed by atoms with Crippen LogP contribution in [-0.4, -0.2) is 30.1 Å². The first-order valence-corrected chi connectivity index (χ1v) is 8.52. The summed E-state index contributed by atoms with van der Waals surface area (Å²) in [5.74, 6) is 1.09. The van der Waals surface area contributed by atoms with Crippen molar-refractivity contribution in [1.82, 2.24) is 4.90 Å². The monoisotopic (exact) mass is 288 g/mol. The minimum atomic E-state index is 0.423. The Morgan fingerprint density at radius 1 is 1.14 bits per heavy atom. The van der Waals surface area contributed by atoms with Crippen LogP contribution < -0.4 is 10.5 Å². The van der Waals surface area contributed by atoms with Crippen molar-refractivity contribution in [3.05, 3.63) is 29.8 Å². The van der Waals surface area contributed by atoms with Gasteiger partial charge in [-0.3, -0.25) is 4.90 Å². The van der Waals surface area contributed by atoms with Crippen LogP contribution in [0.2, 0.25) is 0 Å². The van der Waals surface area contributed by atoms with Crippen LogP contribution in [-0.2, 0) is 0 Å². The van der Waals surface area contributed by atoms with Crippen molar-refractivity contribution in [2.24, 2.45) is 5.73 Å². The van der Waals surface area contributed by atoms with E-state index in [-0.39, 0.29) is 0 Å². The highest BCUT2D eigenvalue weighted by Gasteiger charge is 2.32. The highest BCUT2D eigenvalue weighted by atomic mass is 16.5. The van der Waals surface area contributed by atoms with Gasteiger partial charge in [0.2, 0.25) is 0 Å². The molecule has 3 rings (SSSR count). The lowest BCUT2D eigenvalue weighted by molar-refractivity contribution is 0.0723. The van der Waals surface area contributed by atoms with Gasteiger partial charge < -0.3 is 10.5 Å². The van der Waals surface area contributed by atoms with E-state index < -0.39 is 0 Å². The minimum Gasteiger partial charge on any atom is -0.493 e. The van der Waals surface area contributed by atoms with Crippen LogP contribution in [0.25, 0.3) is 0 Å². The number of fused-ring (bicyclic) bond motifs is 1. The Bertz CT molecular complexity index is 454. The van der Waals surface area contributed by atoms with E-state index in [1.165, 1.54) is 44.2 Å². The number of hydrogen-bond donors (Lipinski definition) is 1. The molecule has 0 bridgehead atoms. The molecule has 1 aliphatic heterocycles. The van der Waals surface area contributed by atoms with E-state index in [1.54, 1.807) is 0 Å². The number of ether oxygens (including phenoxy) is 1. The Morgan fingerprint density at radius 2 is 1.90 bits per heavy atom. The maximum atomic E-state index is 6.09. The van der Waals surface area contributed by atoms with E-state index in [4.69, 9.17) is 10.5 Å². The predicted molar refractivity (Wildman–Crippen MR) is 86.5 cm³/mol. The average Bonchev–Trinajstić information content (AvgIpc) is 2.53. The molecule has 21 heavy (non-hydrogen) atoms. The van der Waals surface area contributed by atoms with E-state index in [1.807, 2.05) is 0 Å². The van der Waals surface area contributed by atoms with Crippen molar-refractivity contribution in [3.8, 4) is 5.75 Å². The van der Waals surface area contributed by atoms with Gasteiger partial charge in [-0.05, 0) is 44.7 Å². The maximum absolute atomic E-state index is 6.09. The molecule has 2 N–H and O–H groups in total. The second-order valence-electron chi connectivity index (χ2n) is 6.50. The van der Waals surface area contributed by atoms with E-state index in [0.29, 0.717) is 18.1 Å². The van der Waals surface area contributed by atoms with E-state index in [9.17, 15) is 0 Å². The van der Waals surface area contributed by atoms with Crippen LogP contribution >= 0.6 is 0 Å². The van der Waals surface area contributed by atoms with Crippen LogP contribution in [0.15, 0.2) is 24.3 Å². The van der Waals surface area contributed by atoms with Crippen LogP contribution in [0.5, 0.6) is 5.75 Å². The molecule has 3 heteroatoms. The Kier molecular flexibility index (Phi) is 4.81. The highest BCUT2D eigenvalue weighted by Crippen LogP contribution is 2.39. The third kappa shape index (κ3) is 3.24. The van der Waals surface area contributed by atoms with Crippen molar-refractivity contribution >= 4 is 0 Å². The molecule has 1 aliphatic carbocycles. The van der Waals surface area contributed by atoms with Crippen molar-refractivity contribution in [3.63, 3.8) is 0 Å². The quantitative estimate of drug-likeness (QED) is 0.921. The fourth-order valence-electron chi connectivity index (χ4n) is 3.95. The fraction of sp³-hybridized carbons (Fsp3) is 0.667. The van der Waals surface area contributed by atoms with Gasteiger partial charge in [0.15, 0.2) is 0 Å². The topological polar surface area (TPSA) is 38.5 Å². The molecule has 3 nitrogen and oxygen atoms in total. The molecule has 1 fully saturated rings. The van der Waals surface area contributed by atoms with E-state index in [0.717, 1.165) is 18.8 Å². The van der Waals surface area contributed by atoms with Gasteiger partial charge in [0.05, 0.1) is 6.61 Å². The summed E-state index contributed by atoms with van der Waals surface area (Å²) in [6.07, 6.45) is 7.18. The summed E-state index contributed by atoms with van der Waals surface area (Å²) in [6.45, 7) is 4.31. The van der Waals surface area contributed by atoms with Gasteiger partial charge in [0.1, 0.15) is 5.75 Å². The molecule has 1 atom stereocenters. The van der Waals surface area contributed by atoms with Crippen LogP contribution in [0, 0.1) is 0 Å². The van der Waals surface area contributed by atoms with Gasteiger partial charge in [-0.25, -0.2) is 0 Å². The number of hydrogen-bond acceptors (Lipinski definition) is 3. The number of para-hydroxylation sites is 1. The molecule has 1 aromatic rings. The lowest BCUT2D eigenvalue weighted by Crippen LogP contribution is -2.44. The minimum absolute atomic E-state index is 0.423. The van der Waals surface area contributed by atoms with Gasteiger partial charge in [0, 0.05) is 30.1 Å². The molecule has 0 amide bonds. The SMILES string of the molecule is CCCN(C1CCC(N)CC1)C1CCOc2ccccc21. The third-order valence-electron chi connectivity index (χ3n) is 5.02. The molecule has 1 heterocycles. The summed E-state index contributed by atoms with van der Waals surface area (Å²) in [5, 5.41) is 0. The number of rotatable bonds is 4. The van der Waals surface area contributed by atoms with Crippen LogP contribution in [0.4, 0.5) is 0 Å². The lowest BCUT2D eigenvalue weighted by atomic mass is 9.88. The van der Waals surface area contributed by atoms with Gasteiger partial charge in [-0.1, -0.05) is 25.1 Å². The summed E-state index contributed by atoms with van der Waals surface area (Å²) in [4.78, 5) is 2.74. The third-order valence-corrected chi connectivity index (χ3v) is 5.02. The van der Waals surface area contributed by atoms with E-state index >= 15 is 0 Å². The maximum Gasteiger partial charge on any atom is 0.124 e. The summed E-state index contributed by atoms with van der Waals surface area (Å²) in [6, 6.07) is 10.2. The largest absolute Gasteiger partial charge is 0.493 e. The first kappa shape index (κ1) is 14.9. The zero-order valence-corrected chi connectivity index (χ0v) is 13.1. The van der Waals surface area contributed by atoms with Crippen LogP contribution in [0.1, 0.15) is 57.1 Å². The normalized spacial score (nSPS) is 29.0. The summed E-state index contributed by atoms with van der Waals surface area (Å²) in [5.41, 5.74) is 7.47. The van der Waals surface area contributed by atoms with Crippen molar-refractivity contribution in [2.45, 2.75) is 63.6 Å². The number of nitrogens with zero attached hydrogens (tertiary/aromatic N) is 1. The van der Waals surface area contributed by atoms with Gasteiger partial charge in [-0.2, -0.15) is 0 Å². The number of benzene rings is 1. The first-order chi connectivity index (χ1) is 10.3. The van der Waals surface area contributed by atoms with Gasteiger partial charge in [-0.15, -0.1) is 0 Å². The predicted octanol–water partition coefficient (Wildman–Crippen LogP) is 3.49. The van der Waals surface area contributed by atoms with Crippen LogP contribution in [0.3, 0.4) is 0 Å². The Balaban J connectivity index is 1.81. The molecule has 0 radical (unpaired) electrons. The van der Waals surface area contributed by atoms with Crippen molar-refractivity contribution < 1.29 is 4.74 Å². The zero-order valence-electron chi connectivity index (χ0n) is 13.1. The molecular weight excluding hydrogens is 260 g/mol. The molecular formula is C18H28N2O. The summed E-state index contributed by atoms with van der Waals surface area (Å²) in [7, 11) is 0. The van der Waals surface area contributed by atoms with E-state index in [2.05, 4.69) is 36.1 Å². The molecule has 1 saturated carbocycles. The van der Waals surface area contributed by atoms with Gasteiger partial charge >= 0.3 is 0 Å². The first-order valence-electron chi connectivity index (χ1n) is 8.52. The molecule has 1 unspecified atom stereocenters. The molecule has 0 saturated heterocycles. The second-order valence-corrected chi connectivity index (χ2v) is 6.50. The zero-order chi connectivity index (χ0) is 14.7. The second kappa shape index (κ2) is 6.80.